The van der Waals surface area contributed by atoms with Crippen molar-refractivity contribution in [3.63, 3.8) is 0 Å². The maximum Gasteiger partial charge on any atom is 0.268 e. The van der Waals surface area contributed by atoms with E-state index in [1.807, 2.05) is 24.3 Å². The molecule has 0 saturated heterocycles. The van der Waals surface area contributed by atoms with Crippen molar-refractivity contribution in [1.29, 1.82) is 0 Å². The van der Waals surface area contributed by atoms with Gasteiger partial charge in [0, 0.05) is 22.9 Å². The van der Waals surface area contributed by atoms with E-state index < -0.39 is 10.0 Å². The second-order valence-electron chi connectivity index (χ2n) is 6.54. The Morgan fingerprint density at radius 1 is 0.931 bits per heavy atom. The Bertz CT molecular complexity index is 1290. The van der Waals surface area contributed by atoms with Crippen LogP contribution in [0.1, 0.15) is 5.56 Å². The summed E-state index contributed by atoms with van der Waals surface area (Å²) in [5.41, 5.74) is 2.38. The van der Waals surface area contributed by atoms with Gasteiger partial charge in [-0.1, -0.05) is 48.5 Å². The van der Waals surface area contributed by atoms with Crippen molar-refractivity contribution in [2.24, 2.45) is 0 Å². The molecule has 0 saturated carbocycles. The molecule has 5 nitrogen and oxygen atoms in total. The topological polar surface area (TPSA) is 65.4 Å². The van der Waals surface area contributed by atoms with Crippen LogP contribution < -0.4 is 4.74 Å². The number of ether oxygens (including phenoxy) is 1. The van der Waals surface area contributed by atoms with Gasteiger partial charge in [-0.15, -0.1) is 0 Å². The molecule has 0 unspecified atom stereocenters. The van der Waals surface area contributed by atoms with Crippen LogP contribution in [0.4, 0.5) is 0 Å². The molecule has 29 heavy (non-hydrogen) atoms. The van der Waals surface area contributed by atoms with E-state index in [-0.39, 0.29) is 11.3 Å². The van der Waals surface area contributed by atoms with Gasteiger partial charge in [0.25, 0.3) is 10.0 Å². The average molecular weight is 405 g/mol. The molecule has 0 bridgehead atoms. The van der Waals surface area contributed by atoms with Crippen LogP contribution in [0.25, 0.3) is 22.2 Å². The Balaban J connectivity index is 2.07. The van der Waals surface area contributed by atoms with Crippen molar-refractivity contribution in [2.75, 3.05) is 7.11 Å². The zero-order valence-corrected chi connectivity index (χ0v) is 16.6. The molecular formula is C23H19NO4S. The summed E-state index contributed by atoms with van der Waals surface area (Å²) in [6.07, 6.45) is 0.987. The van der Waals surface area contributed by atoms with Crippen LogP contribution >= 0.6 is 0 Å². The minimum Gasteiger partial charge on any atom is -0.496 e. The van der Waals surface area contributed by atoms with Crippen molar-refractivity contribution < 1.29 is 17.9 Å². The highest BCUT2D eigenvalue weighted by molar-refractivity contribution is 7.90. The summed E-state index contributed by atoms with van der Waals surface area (Å²) in [6, 6.07) is 22.9. The summed E-state index contributed by atoms with van der Waals surface area (Å²) >= 11 is 0. The number of hydrogen-bond acceptors (Lipinski definition) is 4. The van der Waals surface area contributed by atoms with E-state index in [2.05, 4.69) is 0 Å². The molecule has 4 aromatic rings. The maximum absolute atomic E-state index is 13.6. The van der Waals surface area contributed by atoms with Gasteiger partial charge >= 0.3 is 0 Å². The fourth-order valence-corrected chi connectivity index (χ4v) is 5.10. The molecular weight excluding hydrogens is 386 g/mol. The SMILES string of the molecule is COc1c(CC=O)cccc1-c1cc2ccccc2n1S(=O)(=O)c1ccccc1. The monoisotopic (exact) mass is 405 g/mol. The van der Waals surface area contributed by atoms with Crippen LogP contribution in [0.2, 0.25) is 0 Å². The summed E-state index contributed by atoms with van der Waals surface area (Å²) in [6.45, 7) is 0. The predicted octanol–water partition coefficient (Wildman–Crippen LogP) is 4.30. The molecule has 6 heteroatoms. The minimum absolute atomic E-state index is 0.183. The third-order valence-corrected chi connectivity index (χ3v) is 6.57. The first-order valence-corrected chi connectivity index (χ1v) is 10.5. The molecule has 0 fully saturated rings. The van der Waals surface area contributed by atoms with Gasteiger partial charge in [0.2, 0.25) is 0 Å². The third kappa shape index (κ3) is 3.21. The van der Waals surface area contributed by atoms with Gasteiger partial charge in [0.15, 0.2) is 0 Å². The van der Waals surface area contributed by atoms with Crippen LogP contribution in [-0.2, 0) is 21.2 Å². The van der Waals surface area contributed by atoms with E-state index in [0.29, 0.717) is 28.1 Å². The smallest absolute Gasteiger partial charge is 0.268 e. The highest BCUT2D eigenvalue weighted by Crippen LogP contribution is 2.38. The summed E-state index contributed by atoms with van der Waals surface area (Å²) in [7, 11) is -2.34. The zero-order chi connectivity index (χ0) is 20.4. The first-order valence-electron chi connectivity index (χ1n) is 9.09. The number of nitrogens with zero attached hydrogens (tertiary/aromatic N) is 1. The zero-order valence-electron chi connectivity index (χ0n) is 15.8. The first-order chi connectivity index (χ1) is 14.1. The van der Waals surface area contributed by atoms with Crippen LogP contribution in [0.3, 0.4) is 0 Å². The lowest BCUT2D eigenvalue weighted by atomic mass is 10.0. The Kier molecular flexibility index (Phi) is 4.94. The number of carbonyl (C=O) groups excluding carboxylic acids is 1. The number of carbonyl (C=O) groups is 1. The lowest BCUT2D eigenvalue weighted by molar-refractivity contribution is -0.107. The molecule has 0 radical (unpaired) electrons. The molecule has 0 atom stereocenters. The Labute approximate surface area is 169 Å². The highest BCUT2D eigenvalue weighted by atomic mass is 32.2. The van der Waals surface area contributed by atoms with Crippen molar-refractivity contribution in [1.82, 2.24) is 3.97 Å². The van der Waals surface area contributed by atoms with Crippen LogP contribution in [0.5, 0.6) is 5.75 Å². The molecule has 0 aliphatic heterocycles. The lowest BCUT2D eigenvalue weighted by Crippen LogP contribution is -2.14. The fraction of sp³-hybridized carbons (Fsp3) is 0.0870. The lowest BCUT2D eigenvalue weighted by Gasteiger charge is -2.16. The van der Waals surface area contributed by atoms with Crippen molar-refractivity contribution in [2.45, 2.75) is 11.3 Å². The number of benzene rings is 3. The average Bonchev–Trinajstić information content (AvgIpc) is 3.14. The number of hydrogen-bond donors (Lipinski definition) is 0. The maximum atomic E-state index is 13.6. The molecule has 1 heterocycles. The summed E-state index contributed by atoms with van der Waals surface area (Å²) in [4.78, 5) is 11.3. The van der Waals surface area contributed by atoms with E-state index in [1.54, 1.807) is 54.6 Å². The molecule has 1 aromatic heterocycles. The molecule has 146 valence electrons. The number of aldehydes is 1. The predicted molar refractivity (Wildman–Crippen MR) is 113 cm³/mol. The summed E-state index contributed by atoms with van der Waals surface area (Å²) < 4.78 is 34.1. The van der Waals surface area contributed by atoms with Crippen LogP contribution in [-0.4, -0.2) is 25.8 Å². The first kappa shape index (κ1) is 19.0. The second kappa shape index (κ2) is 7.56. The summed E-state index contributed by atoms with van der Waals surface area (Å²) in [5.74, 6) is 0.493. The number of para-hydroxylation sites is 2. The van der Waals surface area contributed by atoms with Gasteiger partial charge < -0.3 is 9.53 Å². The molecule has 0 spiro atoms. The van der Waals surface area contributed by atoms with Crippen LogP contribution in [0, 0.1) is 0 Å². The standard InChI is InChI=1S/C23H19NO4S/c1-28-23-17(14-15-25)9-7-12-20(23)22-16-18-8-5-6-13-21(18)24(22)29(26,27)19-10-3-2-4-11-19/h2-13,15-16H,14H2,1H3. The fourth-order valence-electron chi connectivity index (χ4n) is 3.55. The van der Waals surface area contributed by atoms with Gasteiger partial charge in [-0.05, 0) is 30.3 Å². The van der Waals surface area contributed by atoms with Crippen molar-refractivity contribution in [3.05, 3.63) is 84.4 Å². The summed E-state index contributed by atoms with van der Waals surface area (Å²) in [5, 5.41) is 0.796. The van der Waals surface area contributed by atoms with Gasteiger partial charge in [0.05, 0.1) is 23.2 Å². The number of aromatic nitrogens is 1. The minimum atomic E-state index is -3.86. The molecule has 3 aromatic carbocycles. The molecule has 4 rings (SSSR count). The van der Waals surface area contributed by atoms with E-state index in [9.17, 15) is 13.2 Å². The molecule has 0 aliphatic carbocycles. The molecule has 0 amide bonds. The molecule has 0 N–H and O–H groups in total. The Morgan fingerprint density at radius 2 is 1.66 bits per heavy atom. The van der Waals surface area contributed by atoms with Crippen molar-refractivity contribution in [3.8, 4) is 17.0 Å². The number of methoxy groups -OCH3 is 1. The van der Waals surface area contributed by atoms with E-state index in [4.69, 9.17) is 4.74 Å². The van der Waals surface area contributed by atoms with Gasteiger partial charge in [-0.3, -0.25) is 0 Å². The van der Waals surface area contributed by atoms with Crippen molar-refractivity contribution >= 4 is 27.2 Å². The number of fused-ring (bicyclic) bond motifs is 1. The quantitative estimate of drug-likeness (QED) is 0.449. The normalized spacial score (nSPS) is 11.5. The van der Waals surface area contributed by atoms with E-state index >= 15 is 0 Å². The van der Waals surface area contributed by atoms with Gasteiger partial charge in [-0.25, -0.2) is 12.4 Å². The van der Waals surface area contributed by atoms with E-state index in [0.717, 1.165) is 11.7 Å². The number of rotatable bonds is 6. The van der Waals surface area contributed by atoms with E-state index in [1.165, 1.54) is 11.1 Å². The highest BCUT2D eigenvalue weighted by Gasteiger charge is 2.25. The van der Waals surface area contributed by atoms with Gasteiger partial charge in [0.1, 0.15) is 12.0 Å². The molecule has 0 aliphatic rings. The second-order valence-corrected chi connectivity index (χ2v) is 8.33. The van der Waals surface area contributed by atoms with Gasteiger partial charge in [-0.2, -0.15) is 0 Å². The van der Waals surface area contributed by atoms with Crippen LogP contribution in [0.15, 0.2) is 83.8 Å². The third-order valence-electron chi connectivity index (χ3n) is 4.83. The Morgan fingerprint density at radius 3 is 2.38 bits per heavy atom. The Hall–Kier alpha value is -3.38. The largest absolute Gasteiger partial charge is 0.496 e.